The van der Waals surface area contributed by atoms with Crippen molar-refractivity contribution >= 4 is 28.8 Å². The van der Waals surface area contributed by atoms with Gasteiger partial charge in [0.2, 0.25) is 11.1 Å². The first kappa shape index (κ1) is 14.0. The number of hydrogen-bond donors (Lipinski definition) is 1. The molecule has 2 aromatic rings. The van der Waals surface area contributed by atoms with Crippen LogP contribution in [-0.4, -0.2) is 14.9 Å². The van der Waals surface area contributed by atoms with Gasteiger partial charge < -0.3 is 5.32 Å². The maximum atomic E-state index is 13.4. The summed E-state index contributed by atoms with van der Waals surface area (Å²) in [5, 5.41) is 12.4. The molecule has 0 atom stereocenters. The van der Waals surface area contributed by atoms with Gasteiger partial charge in [0.1, 0.15) is 17.7 Å². The number of aromatic nitrogens is 2. The number of hydrogen-bond acceptors (Lipinski definition) is 5. The number of halogens is 4. The van der Waals surface area contributed by atoms with Crippen LogP contribution >= 0.6 is 11.6 Å². The molecule has 0 unspecified atom stereocenters. The van der Waals surface area contributed by atoms with Crippen molar-refractivity contribution in [1.82, 2.24) is 9.97 Å². The van der Waals surface area contributed by atoms with E-state index in [1.807, 2.05) is 0 Å². The Kier molecular flexibility index (Phi) is 3.70. The van der Waals surface area contributed by atoms with Crippen LogP contribution in [-0.2, 0) is 0 Å². The molecule has 0 fully saturated rings. The van der Waals surface area contributed by atoms with Gasteiger partial charge in [-0.15, -0.1) is 0 Å². The van der Waals surface area contributed by atoms with Crippen LogP contribution < -0.4 is 5.32 Å². The Labute approximate surface area is 114 Å². The van der Waals surface area contributed by atoms with Crippen LogP contribution in [0, 0.1) is 27.6 Å². The number of nitrogens with zero attached hydrogens (tertiary/aromatic N) is 3. The number of nitrogens with one attached hydrogen (secondary N) is 1. The second-order valence-corrected chi connectivity index (χ2v) is 3.84. The number of nitro groups is 1. The highest BCUT2D eigenvalue weighted by molar-refractivity contribution is 6.28. The van der Waals surface area contributed by atoms with E-state index in [0.717, 1.165) is 6.20 Å². The molecular weight excluding hydrogens is 301 g/mol. The Morgan fingerprint density at radius 3 is 2.40 bits per heavy atom. The molecule has 104 valence electrons. The standard InChI is InChI=1S/C10H4ClF3N4O2/c11-10-15-3-7(18(19)20)9(17-10)16-8-5(13)1-4(12)2-6(8)14/h1-3H,(H,15,16,17). The van der Waals surface area contributed by atoms with Crippen molar-refractivity contribution in [3.05, 3.63) is 51.2 Å². The van der Waals surface area contributed by atoms with Gasteiger partial charge in [0.15, 0.2) is 11.6 Å². The molecule has 0 saturated carbocycles. The van der Waals surface area contributed by atoms with Gasteiger partial charge in [0.25, 0.3) is 0 Å². The Morgan fingerprint density at radius 1 is 1.25 bits per heavy atom. The molecule has 0 aliphatic rings. The van der Waals surface area contributed by atoms with Gasteiger partial charge in [-0.1, -0.05) is 0 Å². The molecule has 10 heteroatoms. The molecule has 0 spiro atoms. The van der Waals surface area contributed by atoms with Gasteiger partial charge >= 0.3 is 5.69 Å². The number of rotatable bonds is 3. The van der Waals surface area contributed by atoms with E-state index in [1.54, 1.807) is 0 Å². The predicted molar refractivity (Wildman–Crippen MR) is 63.3 cm³/mol. The molecule has 0 saturated heterocycles. The smallest absolute Gasteiger partial charge is 0.329 e. The molecule has 0 radical (unpaired) electrons. The van der Waals surface area contributed by atoms with Crippen LogP contribution in [0.3, 0.4) is 0 Å². The lowest BCUT2D eigenvalue weighted by atomic mass is 10.2. The van der Waals surface area contributed by atoms with E-state index in [2.05, 4.69) is 15.3 Å². The molecular formula is C10H4ClF3N4O2. The summed E-state index contributed by atoms with van der Waals surface area (Å²) in [5.41, 5.74) is -1.43. The Hall–Kier alpha value is -2.42. The molecule has 1 heterocycles. The fourth-order valence-corrected chi connectivity index (χ4v) is 1.49. The van der Waals surface area contributed by atoms with Crippen molar-refractivity contribution in [1.29, 1.82) is 0 Å². The van der Waals surface area contributed by atoms with Crippen LogP contribution in [0.5, 0.6) is 0 Å². The summed E-state index contributed by atoms with van der Waals surface area (Å²) >= 11 is 5.46. The summed E-state index contributed by atoms with van der Waals surface area (Å²) < 4.78 is 39.6. The van der Waals surface area contributed by atoms with Crippen molar-refractivity contribution in [2.75, 3.05) is 5.32 Å². The normalized spacial score (nSPS) is 10.4. The average molecular weight is 305 g/mol. The summed E-state index contributed by atoms with van der Waals surface area (Å²) in [5.74, 6) is -4.18. The van der Waals surface area contributed by atoms with E-state index < -0.39 is 39.6 Å². The summed E-state index contributed by atoms with van der Waals surface area (Å²) in [7, 11) is 0. The number of benzene rings is 1. The van der Waals surface area contributed by atoms with E-state index in [1.165, 1.54) is 0 Å². The van der Waals surface area contributed by atoms with Gasteiger partial charge in [-0.2, -0.15) is 4.98 Å². The molecule has 0 aliphatic carbocycles. The van der Waals surface area contributed by atoms with Crippen molar-refractivity contribution < 1.29 is 18.1 Å². The molecule has 1 N–H and O–H groups in total. The Balaban J connectivity index is 2.50. The largest absolute Gasteiger partial charge is 0.330 e. The quantitative estimate of drug-likeness (QED) is 0.535. The minimum Gasteiger partial charge on any atom is -0.330 e. The van der Waals surface area contributed by atoms with E-state index in [0.29, 0.717) is 12.1 Å². The summed E-state index contributed by atoms with van der Waals surface area (Å²) in [6, 6.07) is 0.833. The van der Waals surface area contributed by atoms with Crippen LogP contribution in [0.25, 0.3) is 0 Å². The van der Waals surface area contributed by atoms with E-state index in [-0.39, 0.29) is 5.28 Å². The van der Waals surface area contributed by atoms with E-state index >= 15 is 0 Å². The van der Waals surface area contributed by atoms with Gasteiger partial charge in [-0.05, 0) is 11.6 Å². The number of anilines is 2. The summed E-state index contributed by atoms with van der Waals surface area (Å²) in [6.07, 6.45) is 0.775. The minimum absolute atomic E-state index is 0.360. The van der Waals surface area contributed by atoms with Crippen molar-refractivity contribution in [2.45, 2.75) is 0 Å². The zero-order valence-electron chi connectivity index (χ0n) is 9.40. The molecule has 20 heavy (non-hydrogen) atoms. The summed E-state index contributed by atoms with van der Waals surface area (Å²) in [4.78, 5) is 16.7. The average Bonchev–Trinajstić information content (AvgIpc) is 2.33. The van der Waals surface area contributed by atoms with Crippen molar-refractivity contribution in [3.8, 4) is 0 Å². The van der Waals surface area contributed by atoms with Gasteiger partial charge in [-0.3, -0.25) is 10.1 Å². The third kappa shape index (κ3) is 2.77. The van der Waals surface area contributed by atoms with Crippen LogP contribution in [0.4, 0.5) is 30.4 Å². The molecule has 0 amide bonds. The third-order valence-corrected chi connectivity index (χ3v) is 2.37. The Bertz CT molecular complexity index is 675. The van der Waals surface area contributed by atoms with Crippen LogP contribution in [0.1, 0.15) is 0 Å². The minimum atomic E-state index is -1.27. The van der Waals surface area contributed by atoms with Gasteiger partial charge in [-0.25, -0.2) is 18.2 Å². The SMILES string of the molecule is O=[N+]([O-])c1cnc(Cl)nc1Nc1c(F)cc(F)cc1F. The maximum absolute atomic E-state index is 13.4. The fraction of sp³-hybridized carbons (Fsp3) is 0. The monoisotopic (exact) mass is 304 g/mol. The highest BCUT2D eigenvalue weighted by Crippen LogP contribution is 2.29. The lowest BCUT2D eigenvalue weighted by Gasteiger charge is -2.08. The van der Waals surface area contributed by atoms with E-state index in [9.17, 15) is 23.3 Å². The second kappa shape index (κ2) is 5.29. The lowest BCUT2D eigenvalue weighted by molar-refractivity contribution is -0.384. The van der Waals surface area contributed by atoms with Gasteiger partial charge in [0.05, 0.1) is 4.92 Å². The van der Waals surface area contributed by atoms with Crippen molar-refractivity contribution in [3.63, 3.8) is 0 Å². The van der Waals surface area contributed by atoms with E-state index in [4.69, 9.17) is 11.6 Å². The highest BCUT2D eigenvalue weighted by Gasteiger charge is 2.20. The highest BCUT2D eigenvalue weighted by atomic mass is 35.5. The molecule has 2 rings (SSSR count). The van der Waals surface area contributed by atoms with Crippen molar-refractivity contribution in [2.24, 2.45) is 0 Å². The first-order chi connectivity index (χ1) is 9.38. The third-order valence-electron chi connectivity index (χ3n) is 2.19. The Morgan fingerprint density at radius 2 is 1.85 bits per heavy atom. The maximum Gasteiger partial charge on any atom is 0.329 e. The predicted octanol–water partition coefficient (Wildman–Crippen LogP) is 3.20. The zero-order chi connectivity index (χ0) is 14.9. The molecule has 1 aromatic carbocycles. The molecule has 6 nitrogen and oxygen atoms in total. The van der Waals surface area contributed by atoms with Crippen LogP contribution in [0.15, 0.2) is 18.3 Å². The summed E-state index contributed by atoms with van der Waals surface area (Å²) in [6.45, 7) is 0. The van der Waals surface area contributed by atoms with Crippen LogP contribution in [0.2, 0.25) is 5.28 Å². The van der Waals surface area contributed by atoms with Gasteiger partial charge in [0, 0.05) is 12.1 Å². The zero-order valence-corrected chi connectivity index (χ0v) is 10.2. The molecule has 0 bridgehead atoms. The topological polar surface area (TPSA) is 81.0 Å². The first-order valence-electron chi connectivity index (χ1n) is 4.97. The fourth-order valence-electron chi connectivity index (χ4n) is 1.36. The molecule has 0 aliphatic heterocycles. The second-order valence-electron chi connectivity index (χ2n) is 3.50. The molecule has 1 aromatic heterocycles. The lowest BCUT2D eigenvalue weighted by Crippen LogP contribution is -2.04. The first-order valence-corrected chi connectivity index (χ1v) is 5.35.